The first-order valence-corrected chi connectivity index (χ1v) is 7.86. The fraction of sp³-hybridized carbons (Fsp3) is 0.471. The fourth-order valence-corrected chi connectivity index (χ4v) is 3.10. The van der Waals surface area contributed by atoms with Crippen molar-refractivity contribution in [2.75, 3.05) is 13.1 Å². The van der Waals surface area contributed by atoms with E-state index < -0.39 is 0 Å². The molecule has 3 rings (SSSR count). The topological polar surface area (TPSA) is 51.0 Å². The van der Waals surface area contributed by atoms with Gasteiger partial charge in [0.1, 0.15) is 6.54 Å². The van der Waals surface area contributed by atoms with Crippen LogP contribution in [0, 0.1) is 12.8 Å². The quantitative estimate of drug-likeness (QED) is 0.868. The van der Waals surface area contributed by atoms with Crippen molar-refractivity contribution in [1.29, 1.82) is 0 Å². The molecule has 1 atom stereocenters. The van der Waals surface area contributed by atoms with E-state index in [0.29, 0.717) is 12.5 Å². The Labute approximate surface area is 131 Å². The predicted octanol–water partition coefficient (Wildman–Crippen LogP) is 2.07. The average molecular weight is 298 g/mol. The molecular formula is C17H22N4O. The molecule has 0 N–H and O–H groups in total. The summed E-state index contributed by atoms with van der Waals surface area (Å²) < 4.78 is 1.72. The van der Waals surface area contributed by atoms with Crippen LogP contribution in [0.4, 0.5) is 0 Å². The second-order valence-electron chi connectivity index (χ2n) is 6.13. The largest absolute Gasteiger partial charge is 0.341 e. The number of rotatable bonds is 4. The van der Waals surface area contributed by atoms with Crippen molar-refractivity contribution < 1.29 is 4.79 Å². The summed E-state index contributed by atoms with van der Waals surface area (Å²) in [5.41, 5.74) is 2.34. The van der Waals surface area contributed by atoms with Gasteiger partial charge in [-0.15, -0.1) is 0 Å². The zero-order valence-electron chi connectivity index (χ0n) is 13.0. The molecule has 0 radical (unpaired) electrons. The highest BCUT2D eigenvalue weighted by Gasteiger charge is 2.24. The molecular weight excluding hydrogens is 276 g/mol. The van der Waals surface area contributed by atoms with Crippen LogP contribution in [0.15, 0.2) is 36.9 Å². The summed E-state index contributed by atoms with van der Waals surface area (Å²) in [6.45, 7) is 4.03. The molecule has 3 heterocycles. The van der Waals surface area contributed by atoms with E-state index in [2.05, 4.69) is 16.1 Å². The Morgan fingerprint density at radius 2 is 2.32 bits per heavy atom. The molecule has 1 aliphatic rings. The molecule has 2 aromatic heterocycles. The minimum absolute atomic E-state index is 0.166. The molecule has 5 heteroatoms. The Morgan fingerprint density at radius 1 is 1.41 bits per heavy atom. The van der Waals surface area contributed by atoms with E-state index in [-0.39, 0.29) is 5.91 Å². The highest BCUT2D eigenvalue weighted by Crippen LogP contribution is 2.20. The standard InChI is InChI=1S/C17H22N4O/c1-14-9-19-21(11-14)13-17(22)20-7-3-5-16(12-20)8-15-4-2-6-18-10-15/h2,4,6,9-11,16H,3,5,7-8,12-13H2,1H3. The van der Waals surface area contributed by atoms with Gasteiger partial charge in [0.05, 0.1) is 6.20 Å². The number of aryl methyl sites for hydroxylation is 1. The third-order valence-corrected chi connectivity index (χ3v) is 4.18. The maximum absolute atomic E-state index is 12.4. The van der Waals surface area contributed by atoms with Crippen LogP contribution >= 0.6 is 0 Å². The summed E-state index contributed by atoms with van der Waals surface area (Å²) in [4.78, 5) is 18.6. The molecule has 1 fully saturated rings. The Bertz CT molecular complexity index is 623. The summed E-state index contributed by atoms with van der Waals surface area (Å²) in [5.74, 6) is 0.695. The molecule has 1 unspecified atom stereocenters. The lowest BCUT2D eigenvalue weighted by Crippen LogP contribution is -2.42. The van der Waals surface area contributed by atoms with Gasteiger partial charge in [-0.25, -0.2) is 0 Å². The maximum Gasteiger partial charge on any atom is 0.244 e. The Morgan fingerprint density at radius 3 is 3.05 bits per heavy atom. The molecule has 0 bridgehead atoms. The molecule has 1 saturated heterocycles. The lowest BCUT2D eigenvalue weighted by molar-refractivity contribution is -0.133. The van der Waals surface area contributed by atoms with Crippen LogP contribution in [-0.4, -0.2) is 38.7 Å². The van der Waals surface area contributed by atoms with Crippen molar-refractivity contribution >= 4 is 5.91 Å². The number of hydrogen-bond donors (Lipinski definition) is 0. The van der Waals surface area contributed by atoms with Crippen molar-refractivity contribution in [3.63, 3.8) is 0 Å². The summed E-state index contributed by atoms with van der Waals surface area (Å²) in [5, 5.41) is 4.20. The molecule has 1 amide bonds. The smallest absolute Gasteiger partial charge is 0.244 e. The van der Waals surface area contributed by atoms with Crippen molar-refractivity contribution in [3.05, 3.63) is 48.0 Å². The summed E-state index contributed by atoms with van der Waals surface area (Å²) in [6.07, 6.45) is 10.7. The molecule has 1 aliphatic heterocycles. The molecule has 0 aromatic carbocycles. The molecule has 0 spiro atoms. The zero-order valence-corrected chi connectivity index (χ0v) is 13.0. The Kier molecular flexibility index (Phi) is 4.51. The summed E-state index contributed by atoms with van der Waals surface area (Å²) in [7, 11) is 0. The van der Waals surface area contributed by atoms with Gasteiger partial charge >= 0.3 is 0 Å². The molecule has 2 aromatic rings. The summed E-state index contributed by atoms with van der Waals surface area (Å²) >= 11 is 0. The van der Waals surface area contributed by atoms with Gasteiger partial charge in [-0.05, 0) is 49.3 Å². The van der Waals surface area contributed by atoms with E-state index in [1.807, 2.05) is 30.3 Å². The molecule has 0 saturated carbocycles. The van der Waals surface area contributed by atoms with Gasteiger partial charge in [-0.2, -0.15) is 5.10 Å². The highest BCUT2D eigenvalue weighted by atomic mass is 16.2. The van der Waals surface area contributed by atoms with E-state index in [4.69, 9.17) is 0 Å². The van der Waals surface area contributed by atoms with Gasteiger partial charge in [0.2, 0.25) is 5.91 Å². The fourth-order valence-electron chi connectivity index (χ4n) is 3.10. The first-order chi connectivity index (χ1) is 10.7. The number of pyridine rings is 1. The van der Waals surface area contributed by atoms with Crippen LogP contribution in [0.5, 0.6) is 0 Å². The molecule has 22 heavy (non-hydrogen) atoms. The van der Waals surface area contributed by atoms with Crippen LogP contribution in [-0.2, 0) is 17.8 Å². The monoisotopic (exact) mass is 298 g/mol. The highest BCUT2D eigenvalue weighted by molar-refractivity contribution is 5.76. The number of piperidine rings is 1. The lowest BCUT2D eigenvalue weighted by atomic mass is 9.92. The minimum atomic E-state index is 0.166. The number of likely N-dealkylation sites (tertiary alicyclic amines) is 1. The maximum atomic E-state index is 12.4. The van der Waals surface area contributed by atoms with E-state index in [1.165, 1.54) is 12.0 Å². The third-order valence-electron chi connectivity index (χ3n) is 4.18. The average Bonchev–Trinajstić information content (AvgIpc) is 2.93. The van der Waals surface area contributed by atoms with Gasteiger partial charge in [-0.3, -0.25) is 14.5 Å². The number of carbonyl (C=O) groups is 1. The van der Waals surface area contributed by atoms with E-state index in [0.717, 1.165) is 31.5 Å². The molecule has 116 valence electrons. The van der Waals surface area contributed by atoms with Crippen LogP contribution in [0.3, 0.4) is 0 Å². The third kappa shape index (κ3) is 3.72. The number of hydrogen-bond acceptors (Lipinski definition) is 3. The first-order valence-electron chi connectivity index (χ1n) is 7.86. The van der Waals surface area contributed by atoms with Gasteiger partial charge in [-0.1, -0.05) is 6.07 Å². The van der Waals surface area contributed by atoms with Crippen LogP contribution in [0.1, 0.15) is 24.0 Å². The Balaban J connectivity index is 1.57. The number of aromatic nitrogens is 3. The first kappa shape index (κ1) is 14.8. The second kappa shape index (κ2) is 6.73. The van der Waals surface area contributed by atoms with E-state index in [9.17, 15) is 4.79 Å². The Hall–Kier alpha value is -2.17. The minimum Gasteiger partial charge on any atom is -0.341 e. The van der Waals surface area contributed by atoms with Gasteiger partial charge in [0.25, 0.3) is 0 Å². The SMILES string of the molecule is Cc1cnn(CC(=O)N2CCCC(Cc3cccnc3)C2)c1. The van der Waals surface area contributed by atoms with E-state index >= 15 is 0 Å². The molecule has 5 nitrogen and oxygen atoms in total. The normalized spacial score (nSPS) is 18.4. The van der Waals surface area contributed by atoms with Crippen LogP contribution in [0.2, 0.25) is 0 Å². The van der Waals surface area contributed by atoms with Crippen LogP contribution in [0.25, 0.3) is 0 Å². The number of nitrogens with zero attached hydrogens (tertiary/aromatic N) is 4. The van der Waals surface area contributed by atoms with Crippen molar-refractivity contribution in [2.24, 2.45) is 5.92 Å². The van der Waals surface area contributed by atoms with E-state index in [1.54, 1.807) is 17.1 Å². The second-order valence-corrected chi connectivity index (χ2v) is 6.13. The number of amides is 1. The number of carbonyl (C=O) groups excluding carboxylic acids is 1. The van der Waals surface area contributed by atoms with Gasteiger partial charge < -0.3 is 4.90 Å². The molecule has 0 aliphatic carbocycles. The zero-order chi connectivity index (χ0) is 15.4. The van der Waals surface area contributed by atoms with Crippen molar-refractivity contribution in [2.45, 2.75) is 32.7 Å². The lowest BCUT2D eigenvalue weighted by Gasteiger charge is -2.33. The van der Waals surface area contributed by atoms with Gasteiger partial charge in [0.15, 0.2) is 0 Å². The summed E-state index contributed by atoms with van der Waals surface area (Å²) in [6, 6.07) is 4.08. The van der Waals surface area contributed by atoms with Gasteiger partial charge in [0, 0.05) is 31.7 Å². The van der Waals surface area contributed by atoms with Crippen LogP contribution < -0.4 is 0 Å². The van der Waals surface area contributed by atoms with Crippen molar-refractivity contribution in [1.82, 2.24) is 19.7 Å². The predicted molar refractivity (Wildman–Crippen MR) is 84.2 cm³/mol. The van der Waals surface area contributed by atoms with Crippen molar-refractivity contribution in [3.8, 4) is 0 Å².